The number of hydrogen-bond donors (Lipinski definition) is 2. The molecule has 0 aliphatic carbocycles. The second-order valence-electron chi connectivity index (χ2n) is 13.6. The molecule has 0 saturated carbocycles. The highest BCUT2D eigenvalue weighted by atomic mass is 127. The molecule has 0 aromatic heterocycles. The summed E-state index contributed by atoms with van der Waals surface area (Å²) in [6, 6.07) is 12.9. The number of nitrogens with zero attached hydrogens (tertiary/aromatic N) is 2. The number of hydrogen-bond acceptors (Lipinski definition) is 12. The molecule has 4 saturated heterocycles. The summed E-state index contributed by atoms with van der Waals surface area (Å²) in [5.74, 6) is -4.06. The van der Waals surface area contributed by atoms with Crippen molar-refractivity contribution in [3.05, 3.63) is 71.8 Å². The Morgan fingerprint density at radius 1 is 0.904 bits per heavy atom. The van der Waals surface area contributed by atoms with Crippen molar-refractivity contribution in [3.63, 3.8) is 0 Å². The third-order valence-corrected chi connectivity index (χ3v) is 16.9. The summed E-state index contributed by atoms with van der Waals surface area (Å²) in [4.78, 5) is 81.5. The van der Waals surface area contributed by atoms with Crippen molar-refractivity contribution in [2.24, 2.45) is 0 Å². The zero-order chi connectivity index (χ0) is 38.0. The maximum atomic E-state index is 13.9. The summed E-state index contributed by atoms with van der Waals surface area (Å²) >= 11 is 6.64. The number of nitrogens with one attached hydrogen (secondary N) is 2. The van der Waals surface area contributed by atoms with Crippen molar-refractivity contribution in [1.82, 2.24) is 20.4 Å². The smallest absolute Gasteiger partial charge is 0.408 e. The van der Waals surface area contributed by atoms with E-state index in [1.54, 1.807) is 74.5 Å². The van der Waals surface area contributed by atoms with Gasteiger partial charge in [0, 0.05) is 4.75 Å². The molecule has 7 atom stereocenters. The molecule has 4 heterocycles. The number of thioether (sulfide) groups is 1. The topological polar surface area (TPSA) is 195 Å². The number of benzene rings is 2. The monoisotopic (exact) mass is 932 g/mol. The predicted octanol–water partition coefficient (Wildman–Crippen LogP) is 2.52. The van der Waals surface area contributed by atoms with Gasteiger partial charge in [-0.2, -0.15) is 0 Å². The van der Waals surface area contributed by atoms with Gasteiger partial charge in [-0.1, -0.05) is 83.3 Å². The molecule has 15 nitrogen and oxygen atoms in total. The van der Waals surface area contributed by atoms with Gasteiger partial charge in [0.05, 0.1) is 0 Å². The number of alkyl halides is 2. The number of sulfone groups is 1. The number of alkyl carbamates (subject to hydrolysis) is 1. The van der Waals surface area contributed by atoms with Crippen LogP contribution in [0.1, 0.15) is 44.9 Å². The second-order valence-corrected chi connectivity index (χ2v) is 20.5. The van der Waals surface area contributed by atoms with Gasteiger partial charge in [0.15, 0.2) is 21.3 Å². The minimum atomic E-state index is -4.41. The summed E-state index contributed by atoms with van der Waals surface area (Å²) in [5, 5.41) is 2.97. The summed E-state index contributed by atoms with van der Waals surface area (Å²) < 4.78 is 38.5. The number of carbonyl (C=O) groups excluding carboxylic acids is 6. The molecular weight excluding hydrogens is 899 g/mol. The van der Waals surface area contributed by atoms with E-state index in [9.17, 15) is 37.2 Å². The summed E-state index contributed by atoms with van der Waals surface area (Å²) in [6.45, 7) is 5.10. The highest BCUT2D eigenvalue weighted by molar-refractivity contribution is 14.1. The fraction of sp³-hybridized carbons (Fsp3) is 0.455. The van der Waals surface area contributed by atoms with Crippen LogP contribution in [0.15, 0.2) is 60.7 Å². The Morgan fingerprint density at radius 3 is 2.10 bits per heavy atom. The van der Waals surface area contributed by atoms with Crippen molar-refractivity contribution in [2.45, 2.75) is 81.0 Å². The van der Waals surface area contributed by atoms with Crippen LogP contribution in [-0.4, -0.2) is 101 Å². The van der Waals surface area contributed by atoms with E-state index in [4.69, 9.17) is 14.2 Å². The number of fused-ring (bicyclic) bond motifs is 2. The predicted molar refractivity (Wildman–Crippen MR) is 197 cm³/mol. The Hall–Kier alpha value is -3.43. The summed E-state index contributed by atoms with van der Waals surface area (Å²) in [6.07, 6.45) is -0.947. The van der Waals surface area contributed by atoms with Crippen molar-refractivity contribution in [1.29, 1.82) is 0 Å². The molecule has 4 fully saturated rings. The number of amides is 4. The van der Waals surface area contributed by atoms with Gasteiger partial charge in [0.2, 0.25) is 23.1 Å². The highest BCUT2D eigenvalue weighted by Gasteiger charge is 2.79. The molecule has 0 spiro atoms. The van der Waals surface area contributed by atoms with Crippen LogP contribution < -0.4 is 10.6 Å². The van der Waals surface area contributed by atoms with Crippen LogP contribution in [0.3, 0.4) is 0 Å². The minimum Gasteiger partial charge on any atom is -0.445 e. The molecule has 2 N–H and O–H groups in total. The molecule has 19 heteroatoms. The Balaban J connectivity index is 1.14. The van der Waals surface area contributed by atoms with E-state index in [2.05, 4.69) is 26.6 Å². The summed E-state index contributed by atoms with van der Waals surface area (Å²) in [5.41, 5.74) is 1.01. The lowest BCUT2D eigenvalue weighted by atomic mass is 9.95. The minimum absolute atomic E-state index is 0.0903. The molecule has 278 valence electrons. The van der Waals surface area contributed by atoms with Gasteiger partial charge in [0.25, 0.3) is 5.91 Å². The molecular formula is C33H34BrIN4O11S2. The van der Waals surface area contributed by atoms with E-state index in [1.165, 1.54) is 30.5 Å². The Bertz CT molecular complexity index is 1940. The normalized spacial score (nSPS) is 29.4. The molecule has 2 aromatic carbocycles. The molecule has 4 amide bonds. The van der Waals surface area contributed by atoms with Gasteiger partial charge < -0.3 is 34.6 Å². The first-order valence-electron chi connectivity index (χ1n) is 15.9. The van der Waals surface area contributed by atoms with Crippen LogP contribution in [-0.2, 0) is 54.6 Å². The number of rotatable bonds is 10. The lowest BCUT2D eigenvalue weighted by molar-refractivity contribution is -0.181. The van der Waals surface area contributed by atoms with Crippen LogP contribution in [0.4, 0.5) is 4.79 Å². The number of halogens is 2. The second kappa shape index (κ2) is 13.8. The van der Waals surface area contributed by atoms with E-state index >= 15 is 0 Å². The molecule has 1 unspecified atom stereocenters. The maximum Gasteiger partial charge on any atom is 0.408 e. The molecule has 2 aromatic rings. The number of carbonyl (C=O) groups is 6. The molecule has 0 radical (unpaired) electrons. The molecule has 6 rings (SSSR count). The SMILES string of the molecule is CC1(C)S[C@@H]2[C@H](I)C(=O)N2[C@H]1C(=O)OCOC(=O)[C@@H]1N2C(=O)[C@@](Br)(NC(=O)C(NC(=O)OCc3ccccc3)c3ccccc3)[C@H]2S(=O)(=O)C1(C)C. The quantitative estimate of drug-likeness (QED) is 0.0885. The Labute approximate surface area is 325 Å². The molecule has 4 aliphatic rings. The Morgan fingerprint density at radius 2 is 1.48 bits per heavy atom. The molecule has 52 heavy (non-hydrogen) atoms. The fourth-order valence-electron chi connectivity index (χ4n) is 6.76. The van der Waals surface area contributed by atoms with E-state index in [1.807, 2.05) is 22.6 Å². The average Bonchev–Trinajstić information content (AvgIpc) is 3.45. The van der Waals surface area contributed by atoms with Crippen molar-refractivity contribution < 1.29 is 51.4 Å². The van der Waals surface area contributed by atoms with Crippen molar-refractivity contribution in [2.75, 3.05) is 6.79 Å². The third-order valence-electron chi connectivity index (χ3n) is 9.50. The van der Waals surface area contributed by atoms with Gasteiger partial charge in [-0.3, -0.25) is 14.4 Å². The molecule has 0 bridgehead atoms. The van der Waals surface area contributed by atoms with Gasteiger partial charge in [-0.05, 0) is 54.8 Å². The largest absolute Gasteiger partial charge is 0.445 e. The van der Waals surface area contributed by atoms with E-state index in [0.29, 0.717) is 11.1 Å². The van der Waals surface area contributed by atoms with Gasteiger partial charge in [-0.25, -0.2) is 22.8 Å². The van der Waals surface area contributed by atoms with Crippen LogP contribution in [0.5, 0.6) is 0 Å². The highest BCUT2D eigenvalue weighted by Crippen LogP contribution is 2.54. The van der Waals surface area contributed by atoms with E-state index in [0.717, 1.165) is 4.90 Å². The third kappa shape index (κ3) is 6.23. The Kier molecular flexibility index (Phi) is 10.1. The first kappa shape index (κ1) is 38.3. The standard InChI is InChI=1S/C33H34BrIN4O11S2/c1-31(2)21(38-24(41)19(35)25(38)51-31)26(42)49-16-50-27(43)22-32(3,4)52(46,47)29-33(34,28(44)39(22)29)37-23(40)20(18-13-9-6-10-14-18)36-30(45)48-15-17-11-7-5-8-12-17/h5-14,19-22,25,29H,15-16H2,1-4H3,(H,36,45)(H,37,40)/t19-,20?,21+,22+,25-,29-,33-/m1/s1. The number of ether oxygens (including phenoxy) is 3. The molecule has 4 aliphatic heterocycles. The van der Waals surface area contributed by atoms with Crippen molar-refractivity contribution >= 4 is 95.9 Å². The van der Waals surface area contributed by atoms with Crippen LogP contribution in [0.2, 0.25) is 0 Å². The zero-order valence-corrected chi connectivity index (χ0v) is 33.5. The van der Waals surface area contributed by atoms with Crippen molar-refractivity contribution in [3.8, 4) is 0 Å². The zero-order valence-electron chi connectivity index (χ0n) is 28.1. The van der Waals surface area contributed by atoms with Gasteiger partial charge in [-0.15, -0.1) is 11.8 Å². The van der Waals surface area contributed by atoms with E-state index in [-0.39, 0.29) is 21.8 Å². The number of β-lactam (4-membered cyclic amide) rings is 2. The summed E-state index contributed by atoms with van der Waals surface area (Å²) in [7, 11) is -4.41. The first-order chi connectivity index (χ1) is 24.3. The lowest BCUT2D eigenvalue weighted by Gasteiger charge is -2.49. The van der Waals surface area contributed by atoms with Crippen LogP contribution in [0, 0.1) is 0 Å². The average molecular weight is 934 g/mol. The number of esters is 2. The van der Waals surface area contributed by atoms with Gasteiger partial charge >= 0.3 is 18.0 Å². The van der Waals surface area contributed by atoms with E-state index < -0.39 is 83.9 Å². The first-order valence-corrected chi connectivity index (χ1v) is 20.4. The fourth-order valence-corrected chi connectivity index (χ4v) is 13.0. The van der Waals surface area contributed by atoms with Gasteiger partial charge in [0.1, 0.15) is 32.7 Å². The van der Waals surface area contributed by atoms with Crippen LogP contribution in [0.25, 0.3) is 0 Å². The lowest BCUT2D eigenvalue weighted by Crippen LogP contribution is -2.78. The maximum absolute atomic E-state index is 13.9. The van der Waals surface area contributed by atoms with Crippen LogP contribution >= 0.6 is 50.3 Å².